The molecule has 8 heteroatoms. The summed E-state index contributed by atoms with van der Waals surface area (Å²) >= 11 is 0. The third-order valence-corrected chi connectivity index (χ3v) is 6.52. The molecule has 0 amide bonds. The van der Waals surface area contributed by atoms with E-state index < -0.39 is 23.9 Å². The molecule has 232 valence electrons. The fraction of sp³-hybridized carbons (Fsp3) is 0.211. The van der Waals surface area contributed by atoms with Crippen LogP contribution in [0.2, 0.25) is 0 Å². The third kappa shape index (κ3) is 8.19. The van der Waals surface area contributed by atoms with Crippen molar-refractivity contribution in [2.75, 3.05) is 26.4 Å². The molecule has 0 atom stereocenters. The van der Waals surface area contributed by atoms with Gasteiger partial charge in [-0.3, -0.25) is 0 Å². The standard InChI is InChI=1S/C38H32O8/c1-5-43-35(39)29-19-25(20-30(23-29)36(40)44-6-2)15-17-27-11-9-14-34-28(12-10-13-33(27)34)18-16-26-21-31(37(41)45-7-3)24-32(22-26)38(42)46-8-4/h9-14,19-24H,5-8H2,1-4H3. The summed E-state index contributed by atoms with van der Waals surface area (Å²) in [6.07, 6.45) is 0. The SMILES string of the molecule is CCOC(=O)c1cc(C#Cc2cccc3c(C#Cc4cc(C(=O)OCC)cc(C(=O)OCC)c4)cccc23)cc(C(=O)OCC)c1. The Kier molecular flexibility index (Phi) is 11.3. The number of hydrogen-bond donors (Lipinski definition) is 0. The highest BCUT2D eigenvalue weighted by molar-refractivity contribution is 5.97. The minimum atomic E-state index is -0.563. The van der Waals surface area contributed by atoms with Crippen LogP contribution in [0.3, 0.4) is 0 Å². The Labute approximate surface area is 267 Å². The first-order chi connectivity index (χ1) is 22.3. The Morgan fingerprint density at radius 3 is 1.04 bits per heavy atom. The maximum absolute atomic E-state index is 12.5. The van der Waals surface area contributed by atoms with E-state index in [1.807, 2.05) is 36.4 Å². The highest BCUT2D eigenvalue weighted by Crippen LogP contribution is 2.22. The van der Waals surface area contributed by atoms with Gasteiger partial charge in [-0.15, -0.1) is 0 Å². The molecular weight excluding hydrogens is 584 g/mol. The van der Waals surface area contributed by atoms with Crippen molar-refractivity contribution in [3.8, 4) is 23.7 Å². The first-order valence-electron chi connectivity index (χ1n) is 14.8. The summed E-state index contributed by atoms with van der Waals surface area (Å²) in [6, 6.07) is 20.4. The first-order valence-corrected chi connectivity index (χ1v) is 14.8. The molecule has 0 aromatic heterocycles. The molecule has 0 aliphatic heterocycles. The van der Waals surface area contributed by atoms with Crippen molar-refractivity contribution in [2.24, 2.45) is 0 Å². The number of rotatable bonds is 8. The third-order valence-electron chi connectivity index (χ3n) is 6.52. The minimum Gasteiger partial charge on any atom is -0.462 e. The maximum Gasteiger partial charge on any atom is 0.338 e. The molecule has 4 rings (SSSR count). The van der Waals surface area contributed by atoms with E-state index in [0.29, 0.717) is 22.3 Å². The van der Waals surface area contributed by atoms with Gasteiger partial charge in [-0.2, -0.15) is 0 Å². The molecule has 0 saturated heterocycles. The van der Waals surface area contributed by atoms with Gasteiger partial charge >= 0.3 is 23.9 Å². The van der Waals surface area contributed by atoms with Crippen molar-refractivity contribution in [3.05, 3.63) is 117 Å². The zero-order valence-electron chi connectivity index (χ0n) is 26.0. The molecule has 0 bridgehead atoms. The van der Waals surface area contributed by atoms with Crippen LogP contribution in [0.25, 0.3) is 10.8 Å². The summed E-state index contributed by atoms with van der Waals surface area (Å²) in [7, 11) is 0. The Bertz CT molecular complexity index is 1720. The van der Waals surface area contributed by atoms with Gasteiger partial charge in [-0.05, 0) is 87.0 Å². The molecule has 0 heterocycles. The summed E-state index contributed by atoms with van der Waals surface area (Å²) < 4.78 is 20.5. The highest BCUT2D eigenvalue weighted by Gasteiger charge is 2.16. The monoisotopic (exact) mass is 616 g/mol. The Morgan fingerprint density at radius 2 is 0.761 bits per heavy atom. The number of benzene rings is 4. The average molecular weight is 617 g/mol. The molecule has 4 aromatic carbocycles. The molecule has 0 spiro atoms. The van der Waals surface area contributed by atoms with E-state index in [9.17, 15) is 19.2 Å². The smallest absolute Gasteiger partial charge is 0.338 e. The molecule has 0 unspecified atom stereocenters. The van der Waals surface area contributed by atoms with Gasteiger partial charge in [0.25, 0.3) is 0 Å². The van der Waals surface area contributed by atoms with E-state index in [1.165, 1.54) is 12.1 Å². The second kappa shape index (κ2) is 15.7. The summed E-state index contributed by atoms with van der Waals surface area (Å²) in [5, 5.41) is 1.67. The van der Waals surface area contributed by atoms with Gasteiger partial charge in [-0.1, -0.05) is 47.9 Å². The number of ether oxygens (including phenoxy) is 4. The van der Waals surface area contributed by atoms with Crippen molar-refractivity contribution < 1.29 is 38.1 Å². The van der Waals surface area contributed by atoms with Crippen molar-refractivity contribution >= 4 is 34.6 Å². The summed E-state index contributed by atoms with van der Waals surface area (Å²) in [6.45, 7) is 7.57. The molecule has 46 heavy (non-hydrogen) atoms. The topological polar surface area (TPSA) is 105 Å². The van der Waals surface area contributed by atoms with Crippen LogP contribution in [0.1, 0.15) is 91.4 Å². The fourth-order valence-corrected chi connectivity index (χ4v) is 4.54. The molecule has 0 radical (unpaired) electrons. The number of fused-ring (bicyclic) bond motifs is 1. The molecule has 8 nitrogen and oxygen atoms in total. The number of hydrogen-bond acceptors (Lipinski definition) is 8. The lowest BCUT2D eigenvalue weighted by Crippen LogP contribution is -2.09. The van der Waals surface area contributed by atoms with E-state index in [4.69, 9.17) is 18.9 Å². The first kappa shape index (κ1) is 33.0. The van der Waals surface area contributed by atoms with Crippen LogP contribution in [0.15, 0.2) is 72.8 Å². The number of esters is 4. The Morgan fingerprint density at radius 1 is 0.457 bits per heavy atom. The van der Waals surface area contributed by atoms with Crippen LogP contribution in [-0.4, -0.2) is 50.3 Å². The summed E-state index contributed by atoms with van der Waals surface area (Å²) in [5.74, 6) is 10.2. The lowest BCUT2D eigenvalue weighted by atomic mass is 9.99. The van der Waals surface area contributed by atoms with Gasteiger partial charge < -0.3 is 18.9 Å². The minimum absolute atomic E-state index is 0.189. The fourth-order valence-electron chi connectivity index (χ4n) is 4.54. The normalized spacial score (nSPS) is 10.1. The van der Waals surface area contributed by atoms with Crippen molar-refractivity contribution in [1.29, 1.82) is 0 Å². The molecule has 0 saturated carbocycles. The van der Waals surface area contributed by atoms with Crippen LogP contribution in [-0.2, 0) is 18.9 Å². The Hall–Kier alpha value is -5.86. The van der Waals surface area contributed by atoms with E-state index in [2.05, 4.69) is 23.7 Å². The largest absolute Gasteiger partial charge is 0.462 e. The zero-order chi connectivity index (χ0) is 33.1. The van der Waals surface area contributed by atoms with Gasteiger partial charge in [-0.25, -0.2) is 19.2 Å². The lowest BCUT2D eigenvalue weighted by molar-refractivity contribution is 0.0506. The van der Waals surface area contributed by atoms with Crippen LogP contribution < -0.4 is 0 Å². The van der Waals surface area contributed by atoms with Crippen LogP contribution in [0.4, 0.5) is 0 Å². The molecule has 0 aliphatic carbocycles. The highest BCUT2D eigenvalue weighted by atomic mass is 16.5. The second-order valence-electron chi connectivity index (χ2n) is 9.69. The van der Waals surface area contributed by atoms with Gasteiger partial charge in [0.2, 0.25) is 0 Å². The van der Waals surface area contributed by atoms with Gasteiger partial charge in [0.05, 0.1) is 48.7 Å². The maximum atomic E-state index is 12.5. The summed E-state index contributed by atoms with van der Waals surface area (Å²) in [4.78, 5) is 49.8. The van der Waals surface area contributed by atoms with Crippen molar-refractivity contribution in [3.63, 3.8) is 0 Å². The Balaban J connectivity index is 1.75. The zero-order valence-corrected chi connectivity index (χ0v) is 26.0. The molecular formula is C38H32O8. The predicted octanol–water partition coefficient (Wildman–Crippen LogP) is 6.35. The summed E-state index contributed by atoms with van der Waals surface area (Å²) in [5.41, 5.74) is 3.09. The van der Waals surface area contributed by atoms with Crippen molar-refractivity contribution in [2.45, 2.75) is 27.7 Å². The molecule has 0 N–H and O–H groups in total. The van der Waals surface area contributed by atoms with Crippen LogP contribution >= 0.6 is 0 Å². The molecule has 0 fully saturated rings. The molecule has 0 aliphatic rings. The molecule has 4 aromatic rings. The van der Waals surface area contributed by atoms with Gasteiger partial charge in [0, 0.05) is 22.3 Å². The number of carbonyl (C=O) groups is 4. The lowest BCUT2D eigenvalue weighted by Gasteiger charge is -2.07. The van der Waals surface area contributed by atoms with E-state index in [1.54, 1.807) is 52.0 Å². The van der Waals surface area contributed by atoms with Gasteiger partial charge in [0.1, 0.15) is 0 Å². The van der Waals surface area contributed by atoms with Crippen LogP contribution in [0.5, 0.6) is 0 Å². The second-order valence-corrected chi connectivity index (χ2v) is 9.69. The quantitative estimate of drug-likeness (QED) is 0.128. The van der Waals surface area contributed by atoms with E-state index >= 15 is 0 Å². The van der Waals surface area contributed by atoms with Crippen LogP contribution in [0, 0.1) is 23.7 Å². The van der Waals surface area contributed by atoms with Crippen molar-refractivity contribution in [1.82, 2.24) is 0 Å². The van der Waals surface area contributed by atoms with Gasteiger partial charge in [0.15, 0.2) is 0 Å². The number of carbonyl (C=O) groups excluding carboxylic acids is 4. The van der Waals surface area contributed by atoms with E-state index in [0.717, 1.165) is 10.8 Å². The van der Waals surface area contributed by atoms with E-state index in [-0.39, 0.29) is 48.7 Å². The predicted molar refractivity (Wildman–Crippen MR) is 173 cm³/mol. The average Bonchev–Trinajstić information content (AvgIpc) is 3.06.